The lowest BCUT2D eigenvalue weighted by molar-refractivity contribution is 0.341. The Hall–Kier alpha value is -1.58. The first-order valence-corrected chi connectivity index (χ1v) is 12.8. The Balaban J connectivity index is 2.24. The number of hydrogen-bond acceptors (Lipinski definition) is 1. The molecule has 0 radical (unpaired) electrons. The minimum absolute atomic E-state index is 0.150. The molecule has 0 aromatic heterocycles. The lowest BCUT2D eigenvalue weighted by atomic mass is 10.1. The largest absolute Gasteiger partial charge is 0.364 e. The average Bonchev–Trinajstić information content (AvgIpc) is 2.73. The zero-order valence-corrected chi connectivity index (χ0v) is 19.0. The number of amidine groups is 1. The van der Waals surface area contributed by atoms with Crippen molar-refractivity contribution in [2.24, 2.45) is 4.99 Å². The third-order valence-electron chi connectivity index (χ3n) is 4.91. The summed E-state index contributed by atoms with van der Waals surface area (Å²) in [7, 11) is -2.50. The third kappa shape index (κ3) is 4.00. The molecule has 0 aliphatic carbocycles. The molecule has 2 heterocycles. The van der Waals surface area contributed by atoms with Gasteiger partial charge in [-0.25, -0.2) is 0 Å². The second kappa shape index (κ2) is 7.10. The summed E-state index contributed by atoms with van der Waals surface area (Å²) >= 11 is 7.69. The summed E-state index contributed by atoms with van der Waals surface area (Å²) in [5, 5.41) is 0. The van der Waals surface area contributed by atoms with Crippen LogP contribution in [-0.4, -0.2) is 29.0 Å². The number of aliphatic imine (C=N–C) groups is 1. The summed E-state index contributed by atoms with van der Waals surface area (Å²) in [6.07, 6.45) is 13.4. The molecule has 2 nitrogen and oxygen atoms in total. The number of fused-ring (bicyclic) bond motifs is 2. The van der Waals surface area contributed by atoms with Crippen molar-refractivity contribution in [3.05, 3.63) is 72.4 Å². The zero-order chi connectivity index (χ0) is 19.9. The van der Waals surface area contributed by atoms with Gasteiger partial charge in [-0.05, 0) is 41.5 Å². The van der Waals surface area contributed by atoms with Crippen molar-refractivity contribution in [3.63, 3.8) is 0 Å². The highest BCUT2D eigenvalue weighted by Crippen LogP contribution is 2.51. The molecule has 2 atom stereocenters. The van der Waals surface area contributed by atoms with Crippen LogP contribution in [0.15, 0.2) is 71.8 Å². The van der Waals surface area contributed by atoms with Gasteiger partial charge in [-0.15, -0.1) is 11.1 Å². The summed E-state index contributed by atoms with van der Waals surface area (Å²) in [4.78, 5) is 5.21. The molecule has 144 valence electrons. The van der Waals surface area contributed by atoms with Gasteiger partial charge in [-0.2, -0.15) is 0 Å². The number of nitrogens with zero attached hydrogens (tertiary/aromatic N) is 2. The van der Waals surface area contributed by atoms with Gasteiger partial charge in [0.05, 0.1) is 5.54 Å². The summed E-state index contributed by atoms with van der Waals surface area (Å²) in [6.45, 7) is 13.2. The van der Waals surface area contributed by atoms with Crippen LogP contribution in [0.3, 0.4) is 0 Å². The SMILES string of the molecule is CC(C)(C)N=C(c1ccccc1)N(C(C)(C)C)[Si]1(Cl)C2C=CC=CC1C=C2. The average molecular weight is 399 g/mol. The van der Waals surface area contributed by atoms with Gasteiger partial charge in [-0.3, -0.25) is 4.99 Å². The van der Waals surface area contributed by atoms with Crippen LogP contribution < -0.4 is 0 Å². The van der Waals surface area contributed by atoms with Gasteiger partial charge in [0.25, 0.3) is 7.55 Å². The monoisotopic (exact) mass is 398 g/mol. The molecular formula is C23H31ClN2Si. The molecule has 0 saturated carbocycles. The molecule has 4 heteroatoms. The molecule has 2 unspecified atom stereocenters. The van der Waals surface area contributed by atoms with Crippen LogP contribution in [0.2, 0.25) is 11.1 Å². The molecule has 2 aliphatic heterocycles. The number of benzene rings is 1. The predicted molar refractivity (Wildman–Crippen MR) is 121 cm³/mol. The first-order chi connectivity index (χ1) is 12.5. The van der Waals surface area contributed by atoms with Gasteiger partial charge in [0.15, 0.2) is 0 Å². The van der Waals surface area contributed by atoms with E-state index in [1.807, 2.05) is 0 Å². The van der Waals surface area contributed by atoms with E-state index in [1.54, 1.807) is 0 Å². The van der Waals surface area contributed by atoms with Gasteiger partial charge in [0, 0.05) is 22.2 Å². The molecule has 0 fully saturated rings. The van der Waals surface area contributed by atoms with Crippen molar-refractivity contribution < 1.29 is 0 Å². The van der Waals surface area contributed by atoms with Crippen molar-refractivity contribution >= 4 is 24.5 Å². The van der Waals surface area contributed by atoms with Crippen molar-refractivity contribution in [1.82, 2.24) is 4.57 Å². The molecule has 1 aromatic rings. The molecule has 1 aromatic carbocycles. The van der Waals surface area contributed by atoms with Crippen LogP contribution in [-0.2, 0) is 0 Å². The first-order valence-electron chi connectivity index (χ1n) is 9.71. The fourth-order valence-electron chi connectivity index (χ4n) is 3.94. The second-order valence-electron chi connectivity index (χ2n) is 9.41. The highest BCUT2D eigenvalue weighted by atomic mass is 35.6. The Morgan fingerprint density at radius 3 is 1.85 bits per heavy atom. The maximum Gasteiger partial charge on any atom is 0.278 e. The minimum Gasteiger partial charge on any atom is -0.364 e. The van der Waals surface area contributed by atoms with Crippen molar-refractivity contribution in [1.29, 1.82) is 0 Å². The fraction of sp³-hybridized carbons (Fsp3) is 0.435. The third-order valence-corrected chi connectivity index (χ3v) is 11.1. The van der Waals surface area contributed by atoms with Crippen molar-refractivity contribution in [2.75, 3.05) is 0 Å². The summed E-state index contributed by atoms with van der Waals surface area (Å²) in [6, 6.07) is 10.5. The van der Waals surface area contributed by atoms with Crippen LogP contribution in [0.1, 0.15) is 47.1 Å². The summed E-state index contributed by atoms with van der Waals surface area (Å²) in [5.41, 5.74) is 1.30. The number of rotatable bonds is 2. The number of allylic oxidation sites excluding steroid dienone is 6. The Labute approximate surface area is 170 Å². The van der Waals surface area contributed by atoms with E-state index in [-0.39, 0.29) is 22.2 Å². The Kier molecular flexibility index (Phi) is 5.30. The van der Waals surface area contributed by atoms with E-state index in [2.05, 4.69) is 113 Å². The predicted octanol–water partition coefficient (Wildman–Crippen LogP) is 6.45. The smallest absolute Gasteiger partial charge is 0.278 e. The van der Waals surface area contributed by atoms with Crippen molar-refractivity contribution in [2.45, 2.75) is 63.7 Å². The standard InChI is InChI=1S/C23H31ClN2Si/c1-22(2,3)25-21(18-12-8-7-9-13-18)26(23(4,5)6)27(24)19-14-10-11-15-20(27)17-16-19/h7-17,19-20H,1-6H3. The fourth-order valence-corrected chi connectivity index (χ4v) is 9.91. The molecule has 0 amide bonds. The highest BCUT2D eigenvalue weighted by molar-refractivity contribution is 7.22. The van der Waals surface area contributed by atoms with E-state index in [1.165, 1.54) is 0 Å². The second-order valence-corrected chi connectivity index (χ2v) is 14.5. The topological polar surface area (TPSA) is 15.6 Å². The van der Waals surface area contributed by atoms with Gasteiger partial charge < -0.3 is 4.57 Å². The van der Waals surface area contributed by atoms with E-state index in [0.717, 1.165) is 11.4 Å². The van der Waals surface area contributed by atoms with E-state index >= 15 is 0 Å². The highest BCUT2D eigenvalue weighted by Gasteiger charge is 2.56. The maximum absolute atomic E-state index is 7.69. The van der Waals surface area contributed by atoms with Crippen LogP contribution in [0.4, 0.5) is 0 Å². The van der Waals surface area contributed by atoms with Gasteiger partial charge in [0.1, 0.15) is 5.84 Å². The number of hydrogen-bond donors (Lipinski definition) is 0. The molecule has 3 rings (SSSR count). The van der Waals surface area contributed by atoms with Gasteiger partial charge in [-0.1, -0.05) is 66.8 Å². The van der Waals surface area contributed by atoms with Crippen LogP contribution >= 0.6 is 11.1 Å². The summed E-state index contributed by atoms with van der Waals surface area (Å²) in [5.74, 6) is 1.01. The Morgan fingerprint density at radius 2 is 1.41 bits per heavy atom. The Morgan fingerprint density at radius 1 is 0.889 bits per heavy atom. The Bertz CT molecular complexity index is 772. The number of halogens is 1. The molecule has 2 bridgehead atoms. The molecule has 2 aliphatic rings. The lowest BCUT2D eigenvalue weighted by Crippen LogP contribution is -2.63. The quantitative estimate of drug-likeness (QED) is 0.184. The maximum atomic E-state index is 7.69. The molecular weight excluding hydrogens is 368 g/mol. The zero-order valence-electron chi connectivity index (χ0n) is 17.3. The normalized spacial score (nSPS) is 27.7. The van der Waals surface area contributed by atoms with Crippen LogP contribution in [0.5, 0.6) is 0 Å². The van der Waals surface area contributed by atoms with Gasteiger partial charge >= 0.3 is 0 Å². The summed E-state index contributed by atoms with van der Waals surface area (Å²) < 4.78 is 2.48. The van der Waals surface area contributed by atoms with Crippen LogP contribution in [0, 0.1) is 0 Å². The van der Waals surface area contributed by atoms with Crippen LogP contribution in [0.25, 0.3) is 0 Å². The lowest BCUT2D eigenvalue weighted by Gasteiger charge is -2.50. The molecule has 0 spiro atoms. The van der Waals surface area contributed by atoms with Crippen molar-refractivity contribution in [3.8, 4) is 0 Å². The molecule has 0 saturated heterocycles. The first kappa shape index (κ1) is 20.2. The van der Waals surface area contributed by atoms with E-state index in [9.17, 15) is 0 Å². The van der Waals surface area contributed by atoms with Gasteiger partial charge in [0.2, 0.25) is 0 Å². The molecule has 27 heavy (non-hydrogen) atoms. The minimum atomic E-state index is -2.50. The molecule has 0 N–H and O–H groups in total. The van der Waals surface area contributed by atoms with E-state index < -0.39 is 7.55 Å². The van der Waals surface area contributed by atoms with E-state index in [4.69, 9.17) is 16.1 Å². The van der Waals surface area contributed by atoms with E-state index in [0.29, 0.717) is 0 Å².